The van der Waals surface area contributed by atoms with Crippen molar-refractivity contribution in [2.75, 3.05) is 0 Å². The molecule has 0 saturated heterocycles. The zero-order valence-corrected chi connectivity index (χ0v) is 8.67. The summed E-state index contributed by atoms with van der Waals surface area (Å²) in [7, 11) is 0. The lowest BCUT2D eigenvalue weighted by Crippen LogP contribution is -1.90. The fourth-order valence-corrected chi connectivity index (χ4v) is 1.17. The molecule has 2 rings (SSSR count). The van der Waals surface area contributed by atoms with Crippen LogP contribution in [0.5, 0.6) is 11.8 Å². The predicted molar refractivity (Wildman–Crippen MR) is 52.5 cm³/mol. The Kier molecular flexibility index (Phi) is 3.05. The molecular formula is C10H6ClF2NO2. The summed E-state index contributed by atoms with van der Waals surface area (Å²) in [6, 6.07) is 2.85. The first-order valence-corrected chi connectivity index (χ1v) is 4.86. The summed E-state index contributed by atoms with van der Waals surface area (Å²) >= 11 is 5.49. The number of halogens is 3. The maximum absolute atomic E-state index is 13.2. The Labute approximate surface area is 94.6 Å². The van der Waals surface area contributed by atoms with Crippen molar-refractivity contribution in [1.82, 2.24) is 4.98 Å². The highest BCUT2D eigenvalue weighted by Crippen LogP contribution is 2.24. The van der Waals surface area contributed by atoms with Gasteiger partial charge in [-0.25, -0.2) is 8.78 Å². The fraction of sp³-hybridized carbons (Fsp3) is 0.100. The summed E-state index contributed by atoms with van der Waals surface area (Å²) < 4.78 is 35.7. The Balaban J connectivity index is 2.22. The molecule has 3 nitrogen and oxygen atoms in total. The predicted octanol–water partition coefficient (Wildman–Crippen LogP) is 3.48. The zero-order valence-electron chi connectivity index (χ0n) is 7.91. The highest BCUT2D eigenvalue weighted by molar-refractivity contribution is 6.16. The zero-order chi connectivity index (χ0) is 11.5. The van der Waals surface area contributed by atoms with Gasteiger partial charge >= 0.3 is 6.08 Å². The molecular weight excluding hydrogens is 240 g/mol. The third-order valence-electron chi connectivity index (χ3n) is 1.76. The van der Waals surface area contributed by atoms with E-state index in [0.29, 0.717) is 5.69 Å². The van der Waals surface area contributed by atoms with Crippen molar-refractivity contribution in [3.8, 4) is 11.8 Å². The number of hydrogen-bond donors (Lipinski definition) is 0. The maximum Gasteiger partial charge on any atom is 0.399 e. The minimum Gasteiger partial charge on any atom is -0.417 e. The molecule has 16 heavy (non-hydrogen) atoms. The Morgan fingerprint density at radius 2 is 2.19 bits per heavy atom. The monoisotopic (exact) mass is 245 g/mol. The number of hydrogen-bond acceptors (Lipinski definition) is 3. The van der Waals surface area contributed by atoms with E-state index in [0.717, 1.165) is 18.2 Å². The SMILES string of the molecule is Fc1ccc(F)c(Oc2nc(CCl)co2)c1. The van der Waals surface area contributed by atoms with Gasteiger partial charge in [0, 0.05) is 6.07 Å². The lowest BCUT2D eigenvalue weighted by atomic mass is 10.3. The van der Waals surface area contributed by atoms with E-state index in [2.05, 4.69) is 4.98 Å². The number of benzene rings is 1. The van der Waals surface area contributed by atoms with Crippen molar-refractivity contribution < 1.29 is 17.9 Å². The van der Waals surface area contributed by atoms with Gasteiger partial charge in [-0.1, -0.05) is 0 Å². The van der Waals surface area contributed by atoms with Gasteiger partial charge in [-0.15, -0.1) is 11.6 Å². The van der Waals surface area contributed by atoms with Crippen LogP contribution in [0.4, 0.5) is 8.78 Å². The molecule has 0 radical (unpaired) electrons. The highest BCUT2D eigenvalue weighted by atomic mass is 35.5. The molecule has 0 amide bonds. The first-order chi connectivity index (χ1) is 7.69. The van der Waals surface area contributed by atoms with Gasteiger partial charge in [-0.3, -0.25) is 0 Å². The molecule has 0 saturated carbocycles. The van der Waals surface area contributed by atoms with Crippen LogP contribution < -0.4 is 4.74 Å². The number of nitrogens with zero attached hydrogens (tertiary/aromatic N) is 1. The van der Waals surface area contributed by atoms with Crippen molar-refractivity contribution in [1.29, 1.82) is 0 Å². The lowest BCUT2D eigenvalue weighted by molar-refractivity contribution is 0.316. The summed E-state index contributed by atoms with van der Waals surface area (Å²) in [5, 5.41) is 0. The van der Waals surface area contributed by atoms with Crippen LogP contribution >= 0.6 is 11.6 Å². The summed E-state index contributed by atoms with van der Waals surface area (Å²) in [6.07, 6.45) is 1.10. The van der Waals surface area contributed by atoms with E-state index in [1.165, 1.54) is 6.26 Å². The van der Waals surface area contributed by atoms with E-state index >= 15 is 0 Å². The summed E-state index contributed by atoms with van der Waals surface area (Å²) in [5.41, 5.74) is 0.452. The largest absolute Gasteiger partial charge is 0.417 e. The number of aromatic nitrogens is 1. The Morgan fingerprint density at radius 3 is 2.88 bits per heavy atom. The highest BCUT2D eigenvalue weighted by Gasteiger charge is 2.10. The van der Waals surface area contributed by atoms with Gasteiger partial charge in [0.05, 0.1) is 11.6 Å². The van der Waals surface area contributed by atoms with Crippen LogP contribution in [0, 0.1) is 11.6 Å². The Hall–Kier alpha value is -1.62. The van der Waals surface area contributed by atoms with Gasteiger partial charge in [0.15, 0.2) is 11.6 Å². The van der Waals surface area contributed by atoms with Gasteiger partial charge in [-0.2, -0.15) is 4.98 Å². The molecule has 0 atom stereocenters. The third-order valence-corrected chi connectivity index (χ3v) is 2.03. The second-order valence-corrected chi connectivity index (χ2v) is 3.18. The molecule has 0 N–H and O–H groups in total. The van der Waals surface area contributed by atoms with E-state index in [-0.39, 0.29) is 17.7 Å². The molecule has 0 aliphatic heterocycles. The van der Waals surface area contributed by atoms with Gasteiger partial charge in [0.25, 0.3) is 0 Å². The summed E-state index contributed by atoms with van der Waals surface area (Å²) in [6.45, 7) is 0. The quantitative estimate of drug-likeness (QED) is 0.777. The van der Waals surface area contributed by atoms with E-state index in [4.69, 9.17) is 20.8 Å². The number of alkyl halides is 1. The first-order valence-electron chi connectivity index (χ1n) is 4.32. The topological polar surface area (TPSA) is 35.3 Å². The minimum atomic E-state index is -0.702. The van der Waals surface area contributed by atoms with Gasteiger partial charge in [0.1, 0.15) is 12.1 Å². The van der Waals surface area contributed by atoms with Crippen LogP contribution in [0.1, 0.15) is 5.69 Å². The van der Waals surface area contributed by atoms with Crippen LogP contribution in [0.3, 0.4) is 0 Å². The first kappa shape index (κ1) is 10.9. The smallest absolute Gasteiger partial charge is 0.399 e. The van der Waals surface area contributed by atoms with Crippen LogP contribution in [-0.4, -0.2) is 4.98 Å². The second kappa shape index (κ2) is 4.49. The number of rotatable bonds is 3. The summed E-state index contributed by atoms with van der Waals surface area (Å²) in [5.74, 6) is -1.45. The van der Waals surface area contributed by atoms with Crippen molar-refractivity contribution in [3.05, 3.63) is 41.8 Å². The molecule has 6 heteroatoms. The van der Waals surface area contributed by atoms with Gasteiger partial charge in [0.2, 0.25) is 0 Å². The van der Waals surface area contributed by atoms with E-state index in [1.54, 1.807) is 0 Å². The molecule has 0 bridgehead atoms. The molecule has 1 heterocycles. The molecule has 0 spiro atoms. The second-order valence-electron chi connectivity index (χ2n) is 2.92. The standard InChI is InChI=1S/C10H6ClF2NO2/c11-4-7-5-15-10(14-7)16-9-3-6(12)1-2-8(9)13/h1-3,5H,4H2. The molecule has 2 aromatic rings. The molecule has 84 valence electrons. The number of ether oxygens (including phenoxy) is 1. The lowest BCUT2D eigenvalue weighted by Gasteiger charge is -2.01. The van der Waals surface area contributed by atoms with E-state index in [9.17, 15) is 8.78 Å². The van der Waals surface area contributed by atoms with Crippen molar-refractivity contribution >= 4 is 11.6 Å². The van der Waals surface area contributed by atoms with Crippen molar-refractivity contribution in [3.63, 3.8) is 0 Å². The normalized spacial score (nSPS) is 10.4. The summed E-state index contributed by atoms with van der Waals surface area (Å²) in [4.78, 5) is 3.78. The van der Waals surface area contributed by atoms with E-state index in [1.807, 2.05) is 0 Å². The van der Waals surface area contributed by atoms with E-state index < -0.39 is 11.6 Å². The Morgan fingerprint density at radius 1 is 1.38 bits per heavy atom. The van der Waals surface area contributed by atoms with Crippen LogP contribution in [0.15, 0.2) is 28.9 Å². The van der Waals surface area contributed by atoms with Crippen LogP contribution in [0.2, 0.25) is 0 Å². The number of oxazole rings is 1. The minimum absolute atomic E-state index is 0.151. The molecule has 0 fully saturated rings. The third kappa shape index (κ3) is 2.30. The average Bonchev–Trinajstić information content (AvgIpc) is 2.71. The van der Waals surface area contributed by atoms with Crippen molar-refractivity contribution in [2.45, 2.75) is 5.88 Å². The maximum atomic E-state index is 13.2. The average molecular weight is 246 g/mol. The molecule has 1 aromatic carbocycles. The Bertz CT molecular complexity index is 501. The molecule has 1 aromatic heterocycles. The molecule has 0 aliphatic rings. The van der Waals surface area contributed by atoms with Crippen LogP contribution in [-0.2, 0) is 5.88 Å². The molecule has 0 unspecified atom stereocenters. The van der Waals surface area contributed by atoms with Gasteiger partial charge in [-0.05, 0) is 12.1 Å². The van der Waals surface area contributed by atoms with Crippen LogP contribution in [0.25, 0.3) is 0 Å². The molecule has 0 aliphatic carbocycles. The van der Waals surface area contributed by atoms with Gasteiger partial charge < -0.3 is 9.15 Å². The fourth-order valence-electron chi connectivity index (χ4n) is 1.05. The van der Waals surface area contributed by atoms with Crippen molar-refractivity contribution in [2.24, 2.45) is 0 Å².